The van der Waals surface area contributed by atoms with Crippen LogP contribution in [0.2, 0.25) is 0 Å². The number of unbranched alkanes of at least 4 members (excludes halogenated alkanes) is 21. The standard InChI is InChI=1S/C38H79N2O7P/c1-4-5-6-7-8-9-10-11-12-13-17-20-23-26-29-37(42)36(33-47-48(44,45)46-31-30-39)40-38(43)32-35(41)28-25-22-19-16-14-15-18-21-24-27-34(2)3/h34-37,41-42H,4-33,39H2,1-3H3,(H,40,43)(H,44,45). The predicted molar refractivity (Wildman–Crippen MR) is 200 cm³/mol. The topological polar surface area (TPSA) is 151 Å². The Kier molecular flexibility index (Phi) is 33.2. The summed E-state index contributed by atoms with van der Waals surface area (Å²) in [6.07, 6.45) is 28.6. The molecule has 0 aliphatic rings. The second kappa shape index (κ2) is 33.6. The highest BCUT2D eigenvalue weighted by molar-refractivity contribution is 7.47. The summed E-state index contributed by atoms with van der Waals surface area (Å²) in [5.74, 6) is 0.384. The van der Waals surface area contributed by atoms with E-state index in [0.29, 0.717) is 12.8 Å². The zero-order chi connectivity index (χ0) is 35.7. The molecule has 288 valence electrons. The molecule has 0 aromatic carbocycles. The van der Waals surface area contributed by atoms with Gasteiger partial charge < -0.3 is 26.2 Å². The molecule has 0 saturated carbocycles. The van der Waals surface area contributed by atoms with E-state index >= 15 is 0 Å². The molecule has 0 aromatic heterocycles. The number of nitrogens with one attached hydrogen (secondary N) is 1. The fraction of sp³-hybridized carbons (Fsp3) is 0.974. The van der Waals surface area contributed by atoms with Crippen LogP contribution in [-0.4, -0.2) is 59.0 Å². The molecule has 0 aliphatic heterocycles. The van der Waals surface area contributed by atoms with Crippen LogP contribution in [0.25, 0.3) is 0 Å². The summed E-state index contributed by atoms with van der Waals surface area (Å²) < 4.78 is 22.1. The summed E-state index contributed by atoms with van der Waals surface area (Å²) in [5, 5.41) is 24.1. The van der Waals surface area contributed by atoms with Gasteiger partial charge >= 0.3 is 7.82 Å². The van der Waals surface area contributed by atoms with Crippen molar-refractivity contribution in [3.05, 3.63) is 0 Å². The minimum Gasteiger partial charge on any atom is -0.393 e. The molecule has 1 amide bonds. The number of rotatable bonds is 37. The van der Waals surface area contributed by atoms with Gasteiger partial charge in [-0.3, -0.25) is 13.8 Å². The molecule has 0 bridgehead atoms. The Labute approximate surface area is 295 Å². The van der Waals surface area contributed by atoms with Gasteiger partial charge in [-0.1, -0.05) is 175 Å². The van der Waals surface area contributed by atoms with Crippen molar-refractivity contribution >= 4 is 13.7 Å². The highest BCUT2D eigenvalue weighted by Gasteiger charge is 2.28. The third-order valence-electron chi connectivity index (χ3n) is 9.19. The molecule has 0 aliphatic carbocycles. The highest BCUT2D eigenvalue weighted by Crippen LogP contribution is 2.43. The van der Waals surface area contributed by atoms with Gasteiger partial charge in [0.1, 0.15) is 0 Å². The summed E-state index contributed by atoms with van der Waals surface area (Å²) in [7, 11) is -4.36. The quantitative estimate of drug-likeness (QED) is 0.0317. The zero-order valence-corrected chi connectivity index (χ0v) is 32.4. The number of phosphoric acid groups is 1. The molecule has 0 saturated heterocycles. The molecule has 0 heterocycles. The number of hydrogen-bond acceptors (Lipinski definition) is 7. The van der Waals surface area contributed by atoms with Gasteiger partial charge in [0, 0.05) is 6.54 Å². The Morgan fingerprint density at radius 1 is 0.667 bits per heavy atom. The van der Waals surface area contributed by atoms with Crippen LogP contribution in [-0.2, 0) is 18.4 Å². The SMILES string of the molecule is CCCCCCCCCCCCCCCCC(O)C(COP(=O)(O)OCCN)NC(=O)CC(O)CCCCCCCCCCCC(C)C. The van der Waals surface area contributed by atoms with Crippen LogP contribution in [0.5, 0.6) is 0 Å². The molecule has 10 heteroatoms. The number of amides is 1. The molecule has 48 heavy (non-hydrogen) atoms. The molecule has 4 atom stereocenters. The summed E-state index contributed by atoms with van der Waals surface area (Å²) in [6.45, 7) is 6.35. The lowest BCUT2D eigenvalue weighted by atomic mass is 10.0. The minimum absolute atomic E-state index is 0.0618. The number of nitrogens with two attached hydrogens (primary N) is 1. The number of hydrogen-bond donors (Lipinski definition) is 5. The number of aliphatic hydroxyl groups excluding tert-OH is 2. The van der Waals surface area contributed by atoms with Crippen LogP contribution in [0.1, 0.15) is 194 Å². The lowest BCUT2D eigenvalue weighted by Crippen LogP contribution is -2.47. The lowest BCUT2D eigenvalue weighted by Gasteiger charge is -2.25. The van der Waals surface area contributed by atoms with Crippen molar-refractivity contribution in [3.8, 4) is 0 Å². The molecule has 0 fully saturated rings. The Hall–Kier alpha value is -0.540. The van der Waals surface area contributed by atoms with Gasteiger partial charge in [0.15, 0.2) is 0 Å². The monoisotopic (exact) mass is 707 g/mol. The van der Waals surface area contributed by atoms with Crippen LogP contribution < -0.4 is 11.1 Å². The van der Waals surface area contributed by atoms with Crippen molar-refractivity contribution in [1.82, 2.24) is 5.32 Å². The van der Waals surface area contributed by atoms with Crippen molar-refractivity contribution in [1.29, 1.82) is 0 Å². The van der Waals surface area contributed by atoms with Crippen molar-refractivity contribution in [3.63, 3.8) is 0 Å². The Balaban J connectivity index is 4.33. The van der Waals surface area contributed by atoms with Crippen LogP contribution in [0.15, 0.2) is 0 Å². The Morgan fingerprint density at radius 2 is 1.08 bits per heavy atom. The Morgan fingerprint density at radius 3 is 1.52 bits per heavy atom. The summed E-state index contributed by atoms with van der Waals surface area (Å²) in [5.41, 5.74) is 5.36. The van der Waals surface area contributed by atoms with E-state index in [1.165, 1.54) is 116 Å². The Bertz CT molecular complexity index is 759. The third kappa shape index (κ3) is 32.7. The molecular weight excluding hydrogens is 627 g/mol. The van der Waals surface area contributed by atoms with E-state index in [-0.39, 0.29) is 26.2 Å². The maximum Gasteiger partial charge on any atom is 0.472 e. The van der Waals surface area contributed by atoms with Gasteiger partial charge in [-0.15, -0.1) is 0 Å². The van der Waals surface area contributed by atoms with Gasteiger partial charge in [-0.2, -0.15) is 0 Å². The third-order valence-corrected chi connectivity index (χ3v) is 10.2. The van der Waals surface area contributed by atoms with Crippen molar-refractivity contribution in [2.75, 3.05) is 19.8 Å². The normalized spacial score (nSPS) is 15.0. The first kappa shape index (κ1) is 47.5. The van der Waals surface area contributed by atoms with E-state index in [2.05, 4.69) is 26.1 Å². The van der Waals surface area contributed by atoms with Gasteiger partial charge in [-0.05, 0) is 18.8 Å². The van der Waals surface area contributed by atoms with Crippen molar-refractivity contribution in [2.45, 2.75) is 212 Å². The van der Waals surface area contributed by atoms with Gasteiger partial charge in [0.2, 0.25) is 5.91 Å². The van der Waals surface area contributed by atoms with Crippen LogP contribution >= 0.6 is 7.82 Å². The van der Waals surface area contributed by atoms with Crippen molar-refractivity contribution < 1.29 is 33.5 Å². The molecule has 0 radical (unpaired) electrons. The fourth-order valence-electron chi connectivity index (χ4n) is 6.13. The van der Waals surface area contributed by atoms with E-state index in [9.17, 15) is 24.5 Å². The van der Waals surface area contributed by atoms with Crippen LogP contribution in [0.3, 0.4) is 0 Å². The fourth-order valence-corrected chi connectivity index (χ4v) is 6.89. The lowest BCUT2D eigenvalue weighted by molar-refractivity contribution is -0.125. The summed E-state index contributed by atoms with van der Waals surface area (Å²) >= 11 is 0. The molecule has 0 aromatic rings. The molecular formula is C38H79N2O7P. The minimum atomic E-state index is -4.36. The maximum absolute atomic E-state index is 12.8. The average molecular weight is 707 g/mol. The average Bonchev–Trinajstić information content (AvgIpc) is 3.04. The van der Waals surface area contributed by atoms with E-state index in [0.717, 1.165) is 44.4 Å². The summed E-state index contributed by atoms with van der Waals surface area (Å²) in [4.78, 5) is 22.7. The summed E-state index contributed by atoms with van der Waals surface area (Å²) in [6, 6.07) is -0.890. The number of carbonyl (C=O) groups is 1. The van der Waals surface area contributed by atoms with Gasteiger partial charge in [-0.25, -0.2) is 4.57 Å². The smallest absolute Gasteiger partial charge is 0.393 e. The molecule has 0 spiro atoms. The molecule has 9 nitrogen and oxygen atoms in total. The first-order valence-corrected chi connectivity index (χ1v) is 21.6. The van der Waals surface area contributed by atoms with Crippen LogP contribution in [0, 0.1) is 5.92 Å². The molecule has 0 rings (SSSR count). The van der Waals surface area contributed by atoms with Crippen molar-refractivity contribution in [2.24, 2.45) is 11.7 Å². The van der Waals surface area contributed by atoms with Gasteiger partial charge in [0.25, 0.3) is 0 Å². The predicted octanol–water partition coefficient (Wildman–Crippen LogP) is 9.49. The molecule has 4 unspecified atom stereocenters. The van der Waals surface area contributed by atoms with E-state index < -0.39 is 32.0 Å². The van der Waals surface area contributed by atoms with E-state index in [4.69, 9.17) is 14.8 Å². The van der Waals surface area contributed by atoms with Gasteiger partial charge in [0.05, 0.1) is 37.9 Å². The van der Waals surface area contributed by atoms with E-state index in [1.54, 1.807) is 0 Å². The largest absolute Gasteiger partial charge is 0.472 e. The first-order chi connectivity index (χ1) is 23.1. The van der Waals surface area contributed by atoms with E-state index in [1.807, 2.05) is 0 Å². The zero-order valence-electron chi connectivity index (χ0n) is 31.5. The first-order valence-electron chi connectivity index (χ1n) is 20.1. The maximum atomic E-state index is 12.8. The number of aliphatic hydroxyl groups is 2. The number of carbonyl (C=O) groups excluding carboxylic acids is 1. The highest BCUT2D eigenvalue weighted by atomic mass is 31.2. The second-order valence-corrected chi connectivity index (χ2v) is 16.0. The molecule has 6 N–H and O–H groups in total. The van der Waals surface area contributed by atoms with Crippen LogP contribution in [0.4, 0.5) is 0 Å². The number of phosphoric ester groups is 1. The second-order valence-electron chi connectivity index (χ2n) is 14.5.